The van der Waals surface area contributed by atoms with E-state index < -0.39 is 12.0 Å². The number of imidazole rings is 1. The molecule has 0 atom stereocenters. The summed E-state index contributed by atoms with van der Waals surface area (Å²) in [5.41, 5.74) is 1.23. The standard InChI is InChI=1S/C20H14F3N3O2S/c1-28-14-8-9-16-15(11-14)25-19(20(21,22)23)26(16)13-6-4-12(5-7-13)24-18(27)17-3-2-10-29-17/h2-11H,1H3,(H,24,27). The number of carbonyl (C=O) groups excluding carboxylic acids is 1. The van der Waals surface area contributed by atoms with Crippen LogP contribution in [0.4, 0.5) is 18.9 Å². The van der Waals surface area contributed by atoms with Crippen LogP contribution in [0.15, 0.2) is 60.0 Å². The number of nitrogens with one attached hydrogen (secondary N) is 1. The number of carbonyl (C=O) groups is 1. The van der Waals surface area contributed by atoms with E-state index in [9.17, 15) is 18.0 Å². The molecule has 9 heteroatoms. The van der Waals surface area contributed by atoms with Crippen molar-refractivity contribution in [1.82, 2.24) is 9.55 Å². The van der Waals surface area contributed by atoms with Gasteiger partial charge in [0.25, 0.3) is 5.91 Å². The van der Waals surface area contributed by atoms with Crippen LogP contribution < -0.4 is 10.1 Å². The van der Waals surface area contributed by atoms with Gasteiger partial charge in [0.05, 0.1) is 23.0 Å². The van der Waals surface area contributed by atoms with Crippen LogP contribution in [0.5, 0.6) is 5.75 Å². The maximum Gasteiger partial charge on any atom is 0.450 e. The van der Waals surface area contributed by atoms with Gasteiger partial charge in [-0.3, -0.25) is 9.36 Å². The molecule has 2 aromatic carbocycles. The molecule has 2 heterocycles. The van der Waals surface area contributed by atoms with E-state index in [0.29, 0.717) is 21.8 Å². The molecule has 0 aliphatic carbocycles. The number of aromatic nitrogens is 2. The largest absolute Gasteiger partial charge is 0.497 e. The molecular formula is C20H14F3N3O2S. The highest BCUT2D eigenvalue weighted by molar-refractivity contribution is 7.12. The highest BCUT2D eigenvalue weighted by Gasteiger charge is 2.38. The molecule has 4 rings (SSSR count). The van der Waals surface area contributed by atoms with E-state index in [1.165, 1.54) is 42.7 Å². The number of hydrogen-bond donors (Lipinski definition) is 1. The normalized spacial score (nSPS) is 11.6. The van der Waals surface area contributed by atoms with Crippen LogP contribution in [0, 0.1) is 0 Å². The fourth-order valence-electron chi connectivity index (χ4n) is 2.93. The van der Waals surface area contributed by atoms with Crippen LogP contribution in [0.25, 0.3) is 16.7 Å². The Morgan fingerprint density at radius 2 is 1.90 bits per heavy atom. The number of rotatable bonds is 4. The number of halogens is 3. The SMILES string of the molecule is COc1ccc2c(c1)nc(C(F)(F)F)n2-c1ccc(NC(=O)c2cccs2)cc1. The van der Waals surface area contributed by atoms with Crippen molar-refractivity contribution in [3.8, 4) is 11.4 Å². The summed E-state index contributed by atoms with van der Waals surface area (Å²) in [5.74, 6) is -0.887. The van der Waals surface area contributed by atoms with Gasteiger partial charge in [-0.05, 0) is 47.8 Å². The molecule has 148 valence electrons. The van der Waals surface area contributed by atoms with Gasteiger partial charge in [0.15, 0.2) is 0 Å². The van der Waals surface area contributed by atoms with Gasteiger partial charge < -0.3 is 10.1 Å². The first kappa shape index (κ1) is 19.0. The number of nitrogens with zero attached hydrogens (tertiary/aromatic N) is 2. The van der Waals surface area contributed by atoms with Crippen molar-refractivity contribution < 1.29 is 22.7 Å². The Bertz CT molecular complexity index is 1170. The van der Waals surface area contributed by atoms with E-state index >= 15 is 0 Å². The van der Waals surface area contributed by atoms with E-state index in [1.54, 1.807) is 35.7 Å². The summed E-state index contributed by atoms with van der Waals surface area (Å²) >= 11 is 1.30. The lowest BCUT2D eigenvalue weighted by Crippen LogP contribution is -2.14. The van der Waals surface area contributed by atoms with Crippen molar-refractivity contribution in [2.24, 2.45) is 0 Å². The van der Waals surface area contributed by atoms with Crippen molar-refractivity contribution in [3.63, 3.8) is 0 Å². The third-order valence-corrected chi connectivity index (χ3v) is 5.11. The molecule has 0 spiro atoms. The van der Waals surface area contributed by atoms with E-state index in [0.717, 1.165) is 4.57 Å². The molecule has 0 aliphatic heterocycles. The predicted molar refractivity (Wildman–Crippen MR) is 105 cm³/mol. The molecule has 1 N–H and O–H groups in total. The van der Waals surface area contributed by atoms with Crippen LogP contribution >= 0.6 is 11.3 Å². The van der Waals surface area contributed by atoms with Gasteiger partial charge in [0.1, 0.15) is 5.75 Å². The Labute approximate surface area is 167 Å². The van der Waals surface area contributed by atoms with Gasteiger partial charge in [-0.25, -0.2) is 4.98 Å². The van der Waals surface area contributed by atoms with Crippen molar-refractivity contribution in [2.45, 2.75) is 6.18 Å². The number of benzene rings is 2. The average molecular weight is 417 g/mol. The molecule has 0 unspecified atom stereocenters. The van der Waals surface area contributed by atoms with Crippen molar-refractivity contribution in [2.75, 3.05) is 12.4 Å². The zero-order valence-corrected chi connectivity index (χ0v) is 15.8. The zero-order valence-electron chi connectivity index (χ0n) is 15.0. The number of thiophene rings is 1. The summed E-state index contributed by atoms with van der Waals surface area (Å²) in [6.07, 6.45) is -4.64. The Balaban J connectivity index is 1.73. The number of fused-ring (bicyclic) bond motifs is 1. The summed E-state index contributed by atoms with van der Waals surface area (Å²) in [7, 11) is 1.44. The monoisotopic (exact) mass is 417 g/mol. The molecule has 0 radical (unpaired) electrons. The molecule has 0 aliphatic rings. The number of amides is 1. The fourth-order valence-corrected chi connectivity index (χ4v) is 3.55. The molecule has 2 aromatic heterocycles. The minimum Gasteiger partial charge on any atom is -0.497 e. The van der Waals surface area contributed by atoms with Crippen molar-refractivity contribution >= 4 is 34.0 Å². The minimum atomic E-state index is -4.64. The number of methoxy groups -OCH3 is 1. The van der Waals surface area contributed by atoms with Gasteiger partial charge in [-0.15, -0.1) is 11.3 Å². The molecule has 0 saturated heterocycles. The summed E-state index contributed by atoms with van der Waals surface area (Å²) in [4.78, 5) is 16.4. The van der Waals surface area contributed by atoms with Crippen molar-refractivity contribution in [3.05, 3.63) is 70.7 Å². The molecular weight excluding hydrogens is 403 g/mol. The van der Waals surface area contributed by atoms with E-state index in [2.05, 4.69) is 10.3 Å². The number of hydrogen-bond acceptors (Lipinski definition) is 4. The van der Waals surface area contributed by atoms with Gasteiger partial charge in [-0.2, -0.15) is 13.2 Å². The van der Waals surface area contributed by atoms with Gasteiger partial charge in [0, 0.05) is 17.4 Å². The molecule has 1 amide bonds. The summed E-state index contributed by atoms with van der Waals surface area (Å²) in [6.45, 7) is 0. The molecule has 0 bridgehead atoms. The first-order chi connectivity index (χ1) is 13.9. The molecule has 0 saturated carbocycles. The molecule has 29 heavy (non-hydrogen) atoms. The van der Waals surface area contributed by atoms with E-state index in [-0.39, 0.29) is 17.1 Å². The second kappa shape index (κ2) is 7.25. The second-order valence-corrected chi connectivity index (χ2v) is 7.05. The maximum absolute atomic E-state index is 13.6. The van der Waals surface area contributed by atoms with Crippen LogP contribution in [0.2, 0.25) is 0 Å². The summed E-state index contributed by atoms with van der Waals surface area (Å²) < 4.78 is 46.9. The third-order valence-electron chi connectivity index (χ3n) is 4.24. The maximum atomic E-state index is 13.6. The van der Waals surface area contributed by atoms with Gasteiger partial charge in [-0.1, -0.05) is 6.07 Å². The Morgan fingerprint density at radius 3 is 2.52 bits per heavy atom. The summed E-state index contributed by atoms with van der Waals surface area (Å²) in [6, 6.07) is 14.1. The third kappa shape index (κ3) is 3.68. The lowest BCUT2D eigenvalue weighted by molar-refractivity contribution is -0.145. The number of anilines is 1. The highest BCUT2D eigenvalue weighted by Crippen LogP contribution is 2.35. The minimum absolute atomic E-state index is 0.173. The second-order valence-electron chi connectivity index (χ2n) is 6.10. The predicted octanol–water partition coefficient (Wildman–Crippen LogP) is 5.37. The van der Waals surface area contributed by atoms with E-state index in [4.69, 9.17) is 4.74 Å². The topological polar surface area (TPSA) is 56.1 Å². The smallest absolute Gasteiger partial charge is 0.450 e. The first-order valence-electron chi connectivity index (χ1n) is 8.46. The Kier molecular flexibility index (Phi) is 4.75. The quantitative estimate of drug-likeness (QED) is 0.486. The van der Waals surface area contributed by atoms with Crippen LogP contribution in [-0.2, 0) is 6.18 Å². The lowest BCUT2D eigenvalue weighted by Gasteiger charge is -2.12. The lowest BCUT2D eigenvalue weighted by atomic mass is 10.2. The van der Waals surface area contributed by atoms with Crippen LogP contribution in [-0.4, -0.2) is 22.6 Å². The number of ether oxygens (including phenoxy) is 1. The zero-order chi connectivity index (χ0) is 20.6. The Morgan fingerprint density at radius 1 is 1.14 bits per heavy atom. The average Bonchev–Trinajstić information content (AvgIpc) is 3.36. The van der Waals surface area contributed by atoms with Crippen LogP contribution in [0.3, 0.4) is 0 Å². The van der Waals surface area contributed by atoms with Gasteiger partial charge in [0.2, 0.25) is 5.82 Å². The van der Waals surface area contributed by atoms with E-state index in [1.807, 2.05) is 0 Å². The molecule has 5 nitrogen and oxygen atoms in total. The Hall–Kier alpha value is -3.33. The molecule has 4 aromatic rings. The molecule has 0 fully saturated rings. The first-order valence-corrected chi connectivity index (χ1v) is 9.34. The summed E-state index contributed by atoms with van der Waals surface area (Å²) in [5, 5.41) is 4.51. The van der Waals surface area contributed by atoms with Gasteiger partial charge >= 0.3 is 6.18 Å². The highest BCUT2D eigenvalue weighted by atomic mass is 32.1. The van der Waals surface area contributed by atoms with Crippen molar-refractivity contribution in [1.29, 1.82) is 0 Å². The van der Waals surface area contributed by atoms with Crippen LogP contribution in [0.1, 0.15) is 15.5 Å². The fraction of sp³-hybridized carbons (Fsp3) is 0.100. The number of alkyl halides is 3.